The van der Waals surface area contributed by atoms with E-state index in [4.69, 9.17) is 0 Å². The first-order valence-corrected chi connectivity index (χ1v) is 8.82. The number of amides is 1. The number of likely N-dealkylation sites (tertiary alicyclic amines) is 1. The van der Waals surface area contributed by atoms with Crippen LogP contribution in [0.2, 0.25) is 0 Å². The van der Waals surface area contributed by atoms with Crippen LogP contribution in [0.3, 0.4) is 0 Å². The zero-order valence-corrected chi connectivity index (χ0v) is 13.9. The number of carbonyl (C=O) groups is 1. The molecule has 2 aromatic heterocycles. The van der Waals surface area contributed by atoms with Crippen molar-refractivity contribution < 1.29 is 4.79 Å². The monoisotopic (exact) mass is 336 g/mol. The van der Waals surface area contributed by atoms with Crippen LogP contribution in [-0.2, 0) is 6.54 Å². The van der Waals surface area contributed by atoms with Crippen molar-refractivity contribution in [2.45, 2.75) is 45.6 Å². The van der Waals surface area contributed by atoms with E-state index >= 15 is 0 Å². The smallest absolute Gasteiger partial charge is 0.328 e. The molecule has 0 aliphatic carbocycles. The predicted octanol–water partition coefficient (Wildman–Crippen LogP) is 1.57. The summed E-state index contributed by atoms with van der Waals surface area (Å²) in [6, 6.07) is 0. The summed E-state index contributed by atoms with van der Waals surface area (Å²) < 4.78 is 5.27. The second kappa shape index (κ2) is 6.66. The first-order valence-electron chi connectivity index (χ1n) is 8.05. The van der Waals surface area contributed by atoms with Gasteiger partial charge in [0.15, 0.2) is 5.52 Å². The Balaban J connectivity index is 2.04. The quantitative estimate of drug-likeness (QED) is 0.921. The van der Waals surface area contributed by atoms with Crippen LogP contribution in [0.4, 0.5) is 0 Å². The fraction of sp³-hybridized carbons (Fsp3) is 0.600. The minimum absolute atomic E-state index is 0.136. The number of aromatic amines is 1. The van der Waals surface area contributed by atoms with Crippen LogP contribution >= 0.6 is 11.5 Å². The summed E-state index contributed by atoms with van der Waals surface area (Å²) in [7, 11) is 0. The van der Waals surface area contributed by atoms with Gasteiger partial charge < -0.3 is 9.88 Å². The van der Waals surface area contributed by atoms with Gasteiger partial charge >= 0.3 is 5.69 Å². The van der Waals surface area contributed by atoms with Crippen LogP contribution < -0.4 is 11.2 Å². The lowest BCUT2D eigenvalue weighted by atomic mass is 10.2. The molecule has 124 valence electrons. The Hall–Kier alpha value is -1.96. The molecule has 1 amide bonds. The molecule has 8 heteroatoms. The number of aromatic nitrogens is 3. The Labute approximate surface area is 137 Å². The van der Waals surface area contributed by atoms with Crippen molar-refractivity contribution in [1.82, 2.24) is 18.8 Å². The first-order chi connectivity index (χ1) is 11.1. The number of nitrogens with zero attached hydrogens (tertiary/aromatic N) is 3. The average molecular weight is 336 g/mol. The fourth-order valence-corrected chi connectivity index (χ4v) is 3.73. The Bertz CT molecular complexity index is 827. The largest absolute Gasteiger partial charge is 0.338 e. The highest BCUT2D eigenvalue weighted by Gasteiger charge is 2.24. The number of carbonyl (C=O) groups excluding carboxylic acids is 1. The molecule has 1 N–H and O–H groups in total. The van der Waals surface area contributed by atoms with E-state index in [1.807, 2.05) is 6.92 Å². The van der Waals surface area contributed by atoms with Crippen LogP contribution in [0.5, 0.6) is 0 Å². The number of fused-ring (bicyclic) bond motifs is 1. The van der Waals surface area contributed by atoms with Gasteiger partial charge in [0.1, 0.15) is 4.88 Å². The van der Waals surface area contributed by atoms with Gasteiger partial charge in [-0.1, -0.05) is 19.8 Å². The van der Waals surface area contributed by atoms with Crippen LogP contribution in [0.25, 0.3) is 11.0 Å². The molecule has 0 saturated carbocycles. The van der Waals surface area contributed by atoms with Crippen LogP contribution in [0, 0.1) is 0 Å². The third kappa shape index (κ3) is 2.95. The summed E-state index contributed by atoms with van der Waals surface area (Å²) in [6.07, 6.45) is 4.92. The minimum Gasteiger partial charge on any atom is -0.338 e. The summed E-state index contributed by atoms with van der Waals surface area (Å²) >= 11 is 0.996. The topological polar surface area (TPSA) is 88.1 Å². The molecule has 23 heavy (non-hydrogen) atoms. The van der Waals surface area contributed by atoms with E-state index in [0.29, 0.717) is 17.8 Å². The van der Waals surface area contributed by atoms with Gasteiger partial charge in [-0.3, -0.25) is 14.2 Å². The zero-order valence-electron chi connectivity index (χ0n) is 13.1. The lowest BCUT2D eigenvalue weighted by molar-refractivity contribution is 0.0768. The third-order valence-corrected chi connectivity index (χ3v) is 4.99. The van der Waals surface area contributed by atoms with Crippen molar-refractivity contribution in [3.05, 3.63) is 25.7 Å². The second-order valence-electron chi connectivity index (χ2n) is 5.83. The normalized spacial score (nSPS) is 15.8. The first kappa shape index (κ1) is 15.9. The van der Waals surface area contributed by atoms with E-state index in [-0.39, 0.29) is 16.9 Å². The van der Waals surface area contributed by atoms with E-state index in [2.05, 4.69) is 9.36 Å². The Kier molecular flexibility index (Phi) is 4.61. The molecule has 1 aliphatic rings. The number of hydrogen-bond donors (Lipinski definition) is 1. The van der Waals surface area contributed by atoms with Crippen LogP contribution in [-0.4, -0.2) is 37.8 Å². The van der Waals surface area contributed by atoms with Crippen LogP contribution in [0.1, 0.15) is 48.7 Å². The Morgan fingerprint density at radius 1 is 1.22 bits per heavy atom. The van der Waals surface area contributed by atoms with Gasteiger partial charge in [0.05, 0.1) is 5.52 Å². The minimum atomic E-state index is -0.477. The van der Waals surface area contributed by atoms with Gasteiger partial charge in [-0.2, -0.15) is 4.37 Å². The van der Waals surface area contributed by atoms with E-state index in [9.17, 15) is 14.4 Å². The molecule has 0 atom stereocenters. The van der Waals surface area contributed by atoms with Gasteiger partial charge in [0.2, 0.25) is 0 Å². The fourth-order valence-electron chi connectivity index (χ4n) is 2.94. The van der Waals surface area contributed by atoms with Gasteiger partial charge in [-0.25, -0.2) is 4.79 Å². The lowest BCUT2D eigenvalue weighted by Gasteiger charge is -2.19. The molecule has 0 bridgehead atoms. The molecule has 0 unspecified atom stereocenters. The molecule has 3 heterocycles. The number of nitrogens with one attached hydrogen (secondary N) is 1. The Morgan fingerprint density at radius 3 is 2.57 bits per heavy atom. The number of rotatable bonds is 3. The number of H-pyrrole nitrogens is 1. The third-order valence-electron chi connectivity index (χ3n) is 4.15. The maximum absolute atomic E-state index is 12.7. The van der Waals surface area contributed by atoms with Crippen molar-refractivity contribution in [3.8, 4) is 0 Å². The predicted molar refractivity (Wildman–Crippen MR) is 89.2 cm³/mol. The molecule has 2 aromatic rings. The standard InChI is InChI=1S/C15H20N4O3S/c1-2-7-19-13(20)11-10(16-15(19)22)12(23-17-11)14(21)18-8-5-3-4-6-9-18/h2-9H2,1H3,(H,16,22). The maximum Gasteiger partial charge on any atom is 0.328 e. The lowest BCUT2D eigenvalue weighted by Crippen LogP contribution is -2.36. The summed E-state index contributed by atoms with van der Waals surface area (Å²) in [5.74, 6) is -0.136. The molecular weight excluding hydrogens is 316 g/mol. The molecule has 1 saturated heterocycles. The highest BCUT2D eigenvalue weighted by atomic mass is 32.1. The molecule has 1 aliphatic heterocycles. The van der Waals surface area contributed by atoms with E-state index in [0.717, 1.165) is 54.9 Å². The second-order valence-corrected chi connectivity index (χ2v) is 6.60. The van der Waals surface area contributed by atoms with E-state index in [1.165, 1.54) is 0 Å². The van der Waals surface area contributed by atoms with Crippen molar-refractivity contribution in [1.29, 1.82) is 0 Å². The van der Waals surface area contributed by atoms with E-state index < -0.39 is 11.2 Å². The van der Waals surface area contributed by atoms with Crippen molar-refractivity contribution in [2.75, 3.05) is 13.1 Å². The molecule has 0 spiro atoms. The molecule has 7 nitrogen and oxygen atoms in total. The molecule has 1 fully saturated rings. The number of hydrogen-bond acceptors (Lipinski definition) is 5. The summed E-state index contributed by atoms with van der Waals surface area (Å²) in [4.78, 5) is 42.0. The van der Waals surface area contributed by atoms with Gasteiger partial charge in [0, 0.05) is 19.6 Å². The Morgan fingerprint density at radius 2 is 1.91 bits per heavy atom. The summed E-state index contributed by atoms with van der Waals surface area (Å²) in [6.45, 7) is 3.67. The van der Waals surface area contributed by atoms with Crippen molar-refractivity contribution >= 4 is 28.5 Å². The SMILES string of the molecule is CCCn1c(=O)[nH]c2c(C(=O)N3CCCCCC3)snc2c1=O. The van der Waals surface area contributed by atoms with Crippen molar-refractivity contribution in [2.24, 2.45) is 0 Å². The average Bonchev–Trinajstić information content (AvgIpc) is 2.78. The summed E-state index contributed by atoms with van der Waals surface area (Å²) in [5.41, 5.74) is -0.431. The van der Waals surface area contributed by atoms with Crippen LogP contribution in [0.15, 0.2) is 9.59 Å². The zero-order chi connectivity index (χ0) is 16.4. The van der Waals surface area contributed by atoms with Crippen molar-refractivity contribution in [3.63, 3.8) is 0 Å². The maximum atomic E-state index is 12.7. The molecule has 0 aromatic carbocycles. The highest BCUT2D eigenvalue weighted by Crippen LogP contribution is 2.21. The van der Waals surface area contributed by atoms with E-state index in [1.54, 1.807) is 4.90 Å². The molecule has 3 rings (SSSR count). The van der Waals surface area contributed by atoms with Gasteiger partial charge in [0.25, 0.3) is 11.5 Å². The van der Waals surface area contributed by atoms with Gasteiger partial charge in [-0.05, 0) is 30.8 Å². The molecular formula is C15H20N4O3S. The summed E-state index contributed by atoms with van der Waals surface area (Å²) in [5, 5.41) is 0. The van der Waals surface area contributed by atoms with Gasteiger partial charge in [-0.15, -0.1) is 0 Å². The highest BCUT2D eigenvalue weighted by molar-refractivity contribution is 7.09. The molecule has 0 radical (unpaired) electrons.